The van der Waals surface area contributed by atoms with Gasteiger partial charge in [0.1, 0.15) is 11.6 Å². The molecule has 0 saturated carbocycles. The molecule has 15 heavy (non-hydrogen) atoms. The minimum absolute atomic E-state index is 0.0306. The lowest BCUT2D eigenvalue weighted by Crippen LogP contribution is -2.16. The molecule has 0 N–H and O–H groups in total. The summed E-state index contributed by atoms with van der Waals surface area (Å²) in [6.07, 6.45) is 1.41. The summed E-state index contributed by atoms with van der Waals surface area (Å²) in [4.78, 5) is 19.1. The smallest absolute Gasteiger partial charge is 0.252 e. The Labute approximate surface area is 89.6 Å². The zero-order chi connectivity index (χ0) is 11.0. The topological polar surface area (TPSA) is 71.6 Å². The molecule has 2 aromatic rings. The molecule has 2 rings (SSSR count). The molecule has 0 aliphatic rings. The minimum Gasteiger partial charge on any atom is -0.308 e. The van der Waals surface area contributed by atoms with Gasteiger partial charge in [-0.05, 0) is 0 Å². The number of nitrogens with zero attached hydrogens (tertiary/aromatic N) is 4. The normalized spacial score (nSPS) is 10.2. The third-order valence-electron chi connectivity index (χ3n) is 2.04. The monoisotopic (exact) mass is 220 g/mol. The van der Waals surface area contributed by atoms with Crippen molar-refractivity contribution < 1.29 is 0 Å². The highest BCUT2D eigenvalue weighted by atomic mass is 35.5. The lowest BCUT2D eigenvalue weighted by Gasteiger charge is -2.04. The fourth-order valence-electron chi connectivity index (χ4n) is 1.24. The summed E-state index contributed by atoms with van der Waals surface area (Å²) < 4.78 is 1.38. The molecular weight excluding hydrogens is 216 g/mol. The first kappa shape index (κ1) is 9.62. The summed E-state index contributed by atoms with van der Waals surface area (Å²) in [5.74, 6) is 0.0306. The third kappa shape index (κ3) is 1.45. The fraction of sp³-hybridized carbons (Fsp3) is 0.111. The molecule has 0 amide bonds. The first-order valence-electron chi connectivity index (χ1n) is 4.06. The molecule has 5 nitrogen and oxygen atoms in total. The van der Waals surface area contributed by atoms with E-state index in [1.807, 2.05) is 6.07 Å². The Morgan fingerprint density at radius 1 is 1.60 bits per heavy atom. The van der Waals surface area contributed by atoms with Gasteiger partial charge in [0.2, 0.25) is 5.82 Å². The highest BCUT2D eigenvalue weighted by Gasteiger charge is 2.07. The van der Waals surface area contributed by atoms with Crippen molar-refractivity contribution in [1.29, 1.82) is 5.26 Å². The van der Waals surface area contributed by atoms with Crippen LogP contribution < -0.4 is 5.56 Å². The molecule has 0 atom stereocenters. The van der Waals surface area contributed by atoms with Crippen molar-refractivity contribution in [3.05, 3.63) is 33.5 Å². The molecule has 0 unspecified atom stereocenters. The van der Waals surface area contributed by atoms with Crippen molar-refractivity contribution in [3.8, 4) is 6.07 Å². The Balaban J connectivity index is 2.98. The van der Waals surface area contributed by atoms with Crippen LogP contribution in [0, 0.1) is 11.3 Å². The van der Waals surface area contributed by atoms with E-state index in [1.54, 1.807) is 7.05 Å². The van der Waals surface area contributed by atoms with Gasteiger partial charge in [-0.15, -0.1) is 0 Å². The predicted molar refractivity (Wildman–Crippen MR) is 54.5 cm³/mol. The van der Waals surface area contributed by atoms with E-state index in [0.717, 1.165) is 0 Å². The van der Waals surface area contributed by atoms with Crippen LogP contribution in [-0.2, 0) is 7.05 Å². The van der Waals surface area contributed by atoms with E-state index in [0.29, 0.717) is 11.0 Å². The maximum atomic E-state index is 11.4. The third-order valence-corrected chi connectivity index (χ3v) is 2.33. The molecule has 0 spiro atoms. The second-order valence-electron chi connectivity index (χ2n) is 2.93. The number of hydrogen-bond donors (Lipinski definition) is 0. The summed E-state index contributed by atoms with van der Waals surface area (Å²) in [6, 6.07) is 3.07. The Morgan fingerprint density at radius 3 is 3.00 bits per heavy atom. The maximum Gasteiger partial charge on any atom is 0.252 e. The first-order valence-corrected chi connectivity index (χ1v) is 4.43. The van der Waals surface area contributed by atoms with Gasteiger partial charge in [-0.25, -0.2) is 9.97 Å². The van der Waals surface area contributed by atoms with Crippen LogP contribution in [0.4, 0.5) is 0 Å². The van der Waals surface area contributed by atoms with E-state index in [-0.39, 0.29) is 16.4 Å². The summed E-state index contributed by atoms with van der Waals surface area (Å²) in [5.41, 5.74) is 0.678. The van der Waals surface area contributed by atoms with Gasteiger partial charge in [-0.1, -0.05) is 11.6 Å². The SMILES string of the molecule is Cn1c(=O)cc(Cl)c2nc(C#N)ncc21. The average molecular weight is 221 g/mol. The molecule has 74 valence electrons. The molecule has 2 heterocycles. The van der Waals surface area contributed by atoms with Gasteiger partial charge in [0.25, 0.3) is 5.56 Å². The molecule has 0 saturated heterocycles. The quantitative estimate of drug-likeness (QED) is 0.660. The minimum atomic E-state index is -0.235. The second kappa shape index (κ2) is 3.33. The van der Waals surface area contributed by atoms with Crippen LogP contribution in [0.2, 0.25) is 5.02 Å². The molecule has 0 aliphatic heterocycles. The van der Waals surface area contributed by atoms with Gasteiger partial charge >= 0.3 is 0 Å². The maximum absolute atomic E-state index is 11.4. The molecule has 6 heteroatoms. The Bertz CT molecular complexity index is 641. The Morgan fingerprint density at radius 2 is 2.33 bits per heavy atom. The number of rotatable bonds is 0. The van der Waals surface area contributed by atoms with E-state index >= 15 is 0 Å². The van der Waals surface area contributed by atoms with Crippen LogP contribution in [0.3, 0.4) is 0 Å². The predicted octanol–water partition coefficient (Wildman–Crippen LogP) is 0.854. The van der Waals surface area contributed by atoms with Crippen molar-refractivity contribution in [3.63, 3.8) is 0 Å². The number of pyridine rings is 1. The van der Waals surface area contributed by atoms with Crippen molar-refractivity contribution in [2.45, 2.75) is 0 Å². The summed E-state index contributed by atoms with van der Waals surface area (Å²) in [7, 11) is 1.59. The van der Waals surface area contributed by atoms with Gasteiger partial charge in [-0.3, -0.25) is 4.79 Å². The largest absolute Gasteiger partial charge is 0.308 e. The standard InChI is InChI=1S/C9H5ClN4O/c1-14-6-4-12-7(3-11)13-9(6)5(10)2-8(14)15/h2,4H,1H3. The summed E-state index contributed by atoms with van der Waals surface area (Å²) >= 11 is 5.85. The molecule has 2 aromatic heterocycles. The van der Waals surface area contributed by atoms with Crippen molar-refractivity contribution in [2.24, 2.45) is 7.05 Å². The van der Waals surface area contributed by atoms with Crippen LogP contribution in [0.5, 0.6) is 0 Å². The van der Waals surface area contributed by atoms with Gasteiger partial charge in [0.05, 0.1) is 16.7 Å². The van der Waals surface area contributed by atoms with Gasteiger partial charge in [-0.2, -0.15) is 5.26 Å². The van der Waals surface area contributed by atoms with E-state index in [1.165, 1.54) is 16.8 Å². The Hall–Kier alpha value is -1.93. The lowest BCUT2D eigenvalue weighted by molar-refractivity contribution is 0.896. The number of halogens is 1. The molecule has 0 aromatic carbocycles. The lowest BCUT2D eigenvalue weighted by atomic mass is 10.3. The van der Waals surface area contributed by atoms with Gasteiger partial charge < -0.3 is 4.57 Å². The van der Waals surface area contributed by atoms with Crippen molar-refractivity contribution >= 4 is 22.6 Å². The molecule has 0 aliphatic carbocycles. The number of hydrogen-bond acceptors (Lipinski definition) is 4. The summed E-state index contributed by atoms with van der Waals surface area (Å²) in [6.45, 7) is 0. The van der Waals surface area contributed by atoms with Gasteiger partial charge in [0.15, 0.2) is 0 Å². The van der Waals surface area contributed by atoms with E-state index in [2.05, 4.69) is 9.97 Å². The highest BCUT2D eigenvalue weighted by molar-refractivity contribution is 6.34. The van der Waals surface area contributed by atoms with E-state index in [9.17, 15) is 4.79 Å². The fourth-order valence-corrected chi connectivity index (χ4v) is 1.48. The van der Waals surface area contributed by atoms with Crippen LogP contribution in [0.1, 0.15) is 5.82 Å². The molecule has 0 fully saturated rings. The first-order chi connectivity index (χ1) is 7.13. The van der Waals surface area contributed by atoms with Crippen molar-refractivity contribution in [2.75, 3.05) is 0 Å². The van der Waals surface area contributed by atoms with Crippen LogP contribution in [-0.4, -0.2) is 14.5 Å². The van der Waals surface area contributed by atoms with Crippen molar-refractivity contribution in [1.82, 2.24) is 14.5 Å². The average Bonchev–Trinajstić information content (AvgIpc) is 2.25. The molecule has 0 radical (unpaired) electrons. The van der Waals surface area contributed by atoms with Crippen LogP contribution >= 0.6 is 11.6 Å². The summed E-state index contributed by atoms with van der Waals surface area (Å²) in [5, 5.41) is 8.85. The highest BCUT2D eigenvalue weighted by Crippen LogP contribution is 2.17. The van der Waals surface area contributed by atoms with Gasteiger partial charge in [0, 0.05) is 13.1 Å². The molecule has 0 bridgehead atoms. The number of nitriles is 1. The number of fused-ring (bicyclic) bond motifs is 1. The number of aryl methyl sites for hydroxylation is 1. The van der Waals surface area contributed by atoms with Crippen LogP contribution in [0.15, 0.2) is 17.1 Å². The Kier molecular flexibility index (Phi) is 2.14. The zero-order valence-electron chi connectivity index (χ0n) is 7.73. The van der Waals surface area contributed by atoms with E-state index in [4.69, 9.17) is 16.9 Å². The zero-order valence-corrected chi connectivity index (χ0v) is 8.49. The van der Waals surface area contributed by atoms with E-state index < -0.39 is 0 Å². The number of aromatic nitrogens is 3. The molecular formula is C9H5ClN4O. The van der Waals surface area contributed by atoms with Crippen LogP contribution in [0.25, 0.3) is 11.0 Å². The second-order valence-corrected chi connectivity index (χ2v) is 3.34.